The van der Waals surface area contributed by atoms with Gasteiger partial charge in [-0.05, 0) is 61.9 Å². The third-order valence-corrected chi connectivity index (χ3v) is 6.14. The Morgan fingerprint density at radius 2 is 1.83 bits per heavy atom. The highest BCUT2D eigenvalue weighted by Gasteiger charge is 2.25. The van der Waals surface area contributed by atoms with Crippen LogP contribution in [0.4, 0.5) is 5.00 Å². The van der Waals surface area contributed by atoms with Crippen LogP contribution in [0.3, 0.4) is 0 Å². The lowest BCUT2D eigenvalue weighted by Crippen LogP contribution is -2.13. The van der Waals surface area contributed by atoms with Crippen molar-refractivity contribution in [2.24, 2.45) is 0 Å². The van der Waals surface area contributed by atoms with E-state index in [1.54, 1.807) is 20.1 Å². The van der Waals surface area contributed by atoms with Crippen LogP contribution < -0.4 is 10.1 Å². The van der Waals surface area contributed by atoms with Crippen molar-refractivity contribution in [2.45, 2.75) is 45.4 Å². The zero-order chi connectivity index (χ0) is 20.6. The molecule has 0 fully saturated rings. The molecule has 6 heteroatoms. The Labute approximate surface area is 175 Å². The number of benzene rings is 1. The third-order valence-electron chi connectivity index (χ3n) is 4.93. The Hall–Kier alpha value is -2.60. The Morgan fingerprint density at radius 3 is 2.52 bits per heavy atom. The number of hydrogen-bond acceptors (Lipinski definition) is 5. The molecule has 2 aromatic rings. The molecule has 3 rings (SSSR count). The van der Waals surface area contributed by atoms with E-state index in [0.717, 1.165) is 42.6 Å². The zero-order valence-electron chi connectivity index (χ0n) is 17.0. The molecule has 1 heterocycles. The lowest BCUT2D eigenvalue weighted by atomic mass is 9.96. The van der Waals surface area contributed by atoms with Crippen LogP contribution in [0, 0.1) is 0 Å². The molecule has 0 saturated heterocycles. The molecule has 29 heavy (non-hydrogen) atoms. The Morgan fingerprint density at radius 1 is 1.10 bits per heavy atom. The van der Waals surface area contributed by atoms with Crippen molar-refractivity contribution >= 4 is 34.3 Å². The number of carbonyl (C=O) groups is 2. The molecular weight excluding hydrogens is 386 g/mol. The van der Waals surface area contributed by atoms with Gasteiger partial charge < -0.3 is 14.8 Å². The quantitative estimate of drug-likeness (QED) is 0.519. The van der Waals surface area contributed by atoms with E-state index in [1.807, 2.05) is 24.3 Å². The Kier molecular flexibility index (Phi) is 7.47. The maximum absolute atomic E-state index is 12.6. The van der Waals surface area contributed by atoms with E-state index in [-0.39, 0.29) is 11.9 Å². The van der Waals surface area contributed by atoms with Gasteiger partial charge in [0.15, 0.2) is 0 Å². The van der Waals surface area contributed by atoms with Crippen LogP contribution in [0.5, 0.6) is 5.75 Å². The second-order valence-electron chi connectivity index (χ2n) is 6.94. The molecule has 1 aliphatic carbocycles. The van der Waals surface area contributed by atoms with Crippen LogP contribution in [0.25, 0.3) is 6.08 Å². The van der Waals surface area contributed by atoms with Crippen LogP contribution >= 0.6 is 11.3 Å². The number of hydrogen-bond donors (Lipinski definition) is 1. The first kappa shape index (κ1) is 21.1. The minimum absolute atomic E-state index is 0.263. The third kappa shape index (κ3) is 5.48. The maximum atomic E-state index is 12.6. The molecule has 0 atom stereocenters. The molecule has 1 aromatic heterocycles. The summed E-state index contributed by atoms with van der Waals surface area (Å²) in [5.74, 6) is 0.155. The molecule has 1 aliphatic rings. The monoisotopic (exact) mass is 413 g/mol. The van der Waals surface area contributed by atoms with Crippen LogP contribution in [-0.2, 0) is 22.4 Å². The molecule has 5 nitrogen and oxygen atoms in total. The first-order valence-electron chi connectivity index (χ1n) is 10.1. The van der Waals surface area contributed by atoms with Gasteiger partial charge in [-0.25, -0.2) is 4.79 Å². The normalized spacial score (nSPS) is 14.0. The summed E-state index contributed by atoms with van der Waals surface area (Å²) in [5, 5.41) is 3.50. The summed E-state index contributed by atoms with van der Waals surface area (Å²) in [4.78, 5) is 26.3. The van der Waals surface area contributed by atoms with E-state index in [9.17, 15) is 9.59 Å². The molecule has 0 aliphatic heterocycles. The standard InChI is InChI=1S/C23H27NO4S/c1-3-28-23(26)21-18-8-6-4-5-7-9-19(18)29-22(21)24-20(25)15-12-16-10-13-17(27-2)14-11-16/h10-15H,3-9H2,1-2H3,(H,24,25). The molecule has 0 spiro atoms. The molecule has 0 saturated carbocycles. The largest absolute Gasteiger partial charge is 0.497 e. The molecule has 1 amide bonds. The van der Waals surface area contributed by atoms with Crippen molar-refractivity contribution in [1.82, 2.24) is 0 Å². The van der Waals surface area contributed by atoms with Gasteiger partial charge in [-0.1, -0.05) is 25.0 Å². The summed E-state index contributed by atoms with van der Waals surface area (Å²) in [7, 11) is 1.62. The summed E-state index contributed by atoms with van der Waals surface area (Å²) in [6, 6.07) is 7.44. The number of nitrogens with one attached hydrogen (secondary N) is 1. The average molecular weight is 414 g/mol. The summed E-state index contributed by atoms with van der Waals surface area (Å²) in [6.07, 6.45) is 9.57. The number of aryl methyl sites for hydroxylation is 1. The van der Waals surface area contributed by atoms with Crippen molar-refractivity contribution in [1.29, 1.82) is 0 Å². The van der Waals surface area contributed by atoms with E-state index in [4.69, 9.17) is 9.47 Å². The van der Waals surface area contributed by atoms with E-state index in [0.29, 0.717) is 17.2 Å². The van der Waals surface area contributed by atoms with Gasteiger partial charge in [0, 0.05) is 11.0 Å². The fraction of sp³-hybridized carbons (Fsp3) is 0.391. The van der Waals surface area contributed by atoms with Crippen LogP contribution in [0.2, 0.25) is 0 Å². The highest BCUT2D eigenvalue weighted by Crippen LogP contribution is 2.37. The molecule has 1 aromatic carbocycles. The van der Waals surface area contributed by atoms with Crippen molar-refractivity contribution < 1.29 is 19.1 Å². The summed E-state index contributed by atoms with van der Waals surface area (Å²) < 4.78 is 10.4. The van der Waals surface area contributed by atoms with E-state index in [1.165, 1.54) is 35.1 Å². The molecule has 0 unspecified atom stereocenters. The van der Waals surface area contributed by atoms with Crippen molar-refractivity contribution in [3.8, 4) is 5.75 Å². The summed E-state index contributed by atoms with van der Waals surface area (Å²) in [6.45, 7) is 2.11. The number of thiophene rings is 1. The Balaban J connectivity index is 1.80. The number of amides is 1. The first-order valence-corrected chi connectivity index (χ1v) is 10.9. The number of esters is 1. The smallest absolute Gasteiger partial charge is 0.341 e. The SMILES string of the molecule is CCOC(=O)c1c(NC(=O)C=Cc2ccc(OC)cc2)sc2c1CCCCCC2. The summed E-state index contributed by atoms with van der Waals surface area (Å²) >= 11 is 1.51. The number of rotatable bonds is 6. The van der Waals surface area contributed by atoms with Gasteiger partial charge in [-0.2, -0.15) is 0 Å². The van der Waals surface area contributed by atoms with E-state index in [2.05, 4.69) is 5.32 Å². The van der Waals surface area contributed by atoms with Gasteiger partial charge in [-0.3, -0.25) is 4.79 Å². The Bertz CT molecular complexity index is 883. The number of ether oxygens (including phenoxy) is 2. The van der Waals surface area contributed by atoms with Gasteiger partial charge >= 0.3 is 5.97 Å². The van der Waals surface area contributed by atoms with Gasteiger partial charge in [-0.15, -0.1) is 11.3 Å². The minimum Gasteiger partial charge on any atom is -0.497 e. The lowest BCUT2D eigenvalue weighted by Gasteiger charge is -2.11. The van der Waals surface area contributed by atoms with Gasteiger partial charge in [0.2, 0.25) is 5.91 Å². The molecule has 1 N–H and O–H groups in total. The zero-order valence-corrected chi connectivity index (χ0v) is 17.8. The molecule has 154 valence electrons. The average Bonchev–Trinajstić information content (AvgIpc) is 3.03. The van der Waals surface area contributed by atoms with E-state index >= 15 is 0 Å². The van der Waals surface area contributed by atoms with Crippen molar-refractivity contribution in [3.05, 3.63) is 51.9 Å². The number of anilines is 1. The van der Waals surface area contributed by atoms with E-state index < -0.39 is 0 Å². The predicted molar refractivity (Wildman–Crippen MR) is 117 cm³/mol. The second kappa shape index (κ2) is 10.3. The molecule has 0 bridgehead atoms. The predicted octanol–water partition coefficient (Wildman–Crippen LogP) is 5.24. The van der Waals surface area contributed by atoms with Gasteiger partial charge in [0.05, 0.1) is 19.3 Å². The first-order chi connectivity index (χ1) is 14.1. The number of methoxy groups -OCH3 is 1. The second-order valence-corrected chi connectivity index (χ2v) is 8.04. The number of fused-ring (bicyclic) bond motifs is 1. The lowest BCUT2D eigenvalue weighted by molar-refractivity contribution is -0.111. The van der Waals surface area contributed by atoms with Crippen LogP contribution in [0.1, 0.15) is 59.0 Å². The highest BCUT2D eigenvalue weighted by molar-refractivity contribution is 7.17. The maximum Gasteiger partial charge on any atom is 0.341 e. The molecule has 0 radical (unpaired) electrons. The van der Waals surface area contributed by atoms with Gasteiger partial charge in [0.25, 0.3) is 0 Å². The topological polar surface area (TPSA) is 64.6 Å². The van der Waals surface area contributed by atoms with Crippen molar-refractivity contribution in [3.63, 3.8) is 0 Å². The van der Waals surface area contributed by atoms with Crippen LogP contribution in [0.15, 0.2) is 30.3 Å². The minimum atomic E-state index is -0.347. The molecular formula is C23H27NO4S. The van der Waals surface area contributed by atoms with Crippen molar-refractivity contribution in [2.75, 3.05) is 19.0 Å². The van der Waals surface area contributed by atoms with Crippen LogP contribution in [-0.4, -0.2) is 25.6 Å². The van der Waals surface area contributed by atoms with Gasteiger partial charge in [0.1, 0.15) is 10.8 Å². The highest BCUT2D eigenvalue weighted by atomic mass is 32.1. The summed E-state index contributed by atoms with van der Waals surface area (Å²) in [5.41, 5.74) is 2.49. The fourth-order valence-corrected chi connectivity index (χ4v) is 4.75. The number of carbonyl (C=O) groups excluding carboxylic acids is 2. The fourth-order valence-electron chi connectivity index (χ4n) is 3.47.